The van der Waals surface area contributed by atoms with Crippen LogP contribution in [0.4, 0.5) is 0 Å². The molecule has 1 unspecified atom stereocenters. The fraction of sp³-hybridized carbons (Fsp3) is 0.833. The van der Waals surface area contributed by atoms with Crippen LogP contribution in [0.25, 0.3) is 0 Å². The fourth-order valence-corrected chi connectivity index (χ4v) is 0.614. The Morgan fingerprint density at radius 3 is 2.10 bits per heavy atom. The monoisotopic (exact) mass is 162 g/mol. The molecule has 0 aliphatic rings. The first kappa shape index (κ1) is 9.78. The van der Waals surface area contributed by atoms with Crippen molar-refractivity contribution in [1.82, 2.24) is 0 Å². The van der Waals surface area contributed by atoms with E-state index >= 15 is 0 Å². The maximum absolute atomic E-state index is 4.96. The first-order valence-electron chi connectivity index (χ1n) is 3.20. The summed E-state index contributed by atoms with van der Waals surface area (Å²) in [5.74, 6) is 5.72. The van der Waals surface area contributed by atoms with Gasteiger partial charge in [-0.2, -0.15) is 18.5 Å². The van der Waals surface area contributed by atoms with Crippen LogP contribution in [0.3, 0.4) is 0 Å². The third kappa shape index (κ3) is 3.74. The highest BCUT2D eigenvalue weighted by molar-refractivity contribution is 7.80. The molecule has 0 amide bonds. The van der Waals surface area contributed by atoms with Crippen molar-refractivity contribution < 1.29 is 4.84 Å². The molecular weight excluding hydrogens is 148 g/mol. The highest BCUT2D eigenvalue weighted by Crippen LogP contribution is 2.02. The molecule has 0 heterocycles. The number of thiol groups is 1. The molecule has 0 aliphatic heterocycles. The standard InChI is InChI=1S/C6H14N2OS/c1-4(2)6(9-7)8-5(3)10/h4-5,10H,7H2,1-3H3. The fourth-order valence-electron chi connectivity index (χ4n) is 0.500. The molecule has 0 radical (unpaired) electrons. The Morgan fingerprint density at radius 2 is 2.00 bits per heavy atom. The lowest BCUT2D eigenvalue weighted by atomic mass is 10.2. The highest BCUT2D eigenvalue weighted by atomic mass is 32.1. The van der Waals surface area contributed by atoms with Gasteiger partial charge >= 0.3 is 0 Å². The van der Waals surface area contributed by atoms with E-state index in [1.165, 1.54) is 0 Å². The van der Waals surface area contributed by atoms with E-state index in [0.717, 1.165) is 0 Å². The molecular formula is C6H14N2OS. The molecule has 0 saturated carbocycles. The third-order valence-electron chi connectivity index (χ3n) is 0.929. The summed E-state index contributed by atoms with van der Waals surface area (Å²) in [5, 5.41) is -0.0547. The SMILES string of the molecule is CC(S)N=C(ON)C(C)C. The van der Waals surface area contributed by atoms with Gasteiger partial charge in [0, 0.05) is 5.92 Å². The van der Waals surface area contributed by atoms with Gasteiger partial charge in [-0.05, 0) is 6.92 Å². The summed E-state index contributed by atoms with van der Waals surface area (Å²) in [6.45, 7) is 5.77. The molecule has 60 valence electrons. The van der Waals surface area contributed by atoms with Crippen LogP contribution in [-0.2, 0) is 4.84 Å². The lowest BCUT2D eigenvalue weighted by molar-refractivity contribution is 0.297. The minimum absolute atomic E-state index is 0.0547. The quantitative estimate of drug-likeness (QED) is 0.277. The Balaban J connectivity index is 4.04. The van der Waals surface area contributed by atoms with Crippen LogP contribution in [-0.4, -0.2) is 11.3 Å². The van der Waals surface area contributed by atoms with Gasteiger partial charge in [-0.25, -0.2) is 4.99 Å². The normalized spacial score (nSPS) is 15.6. The Bertz CT molecular complexity index is 123. The Kier molecular flexibility index (Phi) is 4.47. The van der Waals surface area contributed by atoms with Crippen molar-refractivity contribution in [2.24, 2.45) is 16.8 Å². The summed E-state index contributed by atoms with van der Waals surface area (Å²) in [5.41, 5.74) is 0. The minimum atomic E-state index is -0.0547. The summed E-state index contributed by atoms with van der Waals surface area (Å²) < 4.78 is 0. The zero-order valence-corrected chi connectivity index (χ0v) is 7.43. The van der Waals surface area contributed by atoms with Crippen molar-refractivity contribution in [2.45, 2.75) is 26.1 Å². The molecule has 0 aliphatic carbocycles. The largest absolute Gasteiger partial charge is 0.396 e. The maximum Gasteiger partial charge on any atom is 0.212 e. The smallest absolute Gasteiger partial charge is 0.212 e. The molecule has 0 bridgehead atoms. The predicted molar refractivity (Wildman–Crippen MR) is 46.0 cm³/mol. The van der Waals surface area contributed by atoms with Gasteiger partial charge in [-0.3, -0.25) is 0 Å². The predicted octanol–water partition coefficient (Wildman–Crippen LogP) is 1.21. The molecule has 0 aromatic heterocycles. The highest BCUT2D eigenvalue weighted by Gasteiger charge is 2.05. The van der Waals surface area contributed by atoms with Gasteiger partial charge in [0.1, 0.15) is 0 Å². The second kappa shape index (κ2) is 4.57. The van der Waals surface area contributed by atoms with Crippen LogP contribution in [0.15, 0.2) is 4.99 Å². The van der Waals surface area contributed by atoms with Crippen molar-refractivity contribution in [2.75, 3.05) is 0 Å². The van der Waals surface area contributed by atoms with Crippen LogP contribution in [0.5, 0.6) is 0 Å². The zero-order chi connectivity index (χ0) is 8.15. The summed E-state index contributed by atoms with van der Waals surface area (Å²) in [4.78, 5) is 8.55. The maximum atomic E-state index is 4.96. The first-order chi connectivity index (χ1) is 4.57. The second-order valence-corrected chi connectivity index (χ2v) is 3.12. The van der Waals surface area contributed by atoms with Crippen molar-refractivity contribution in [3.8, 4) is 0 Å². The minimum Gasteiger partial charge on any atom is -0.396 e. The molecule has 0 aromatic rings. The lowest BCUT2D eigenvalue weighted by Crippen LogP contribution is -2.17. The molecule has 3 nitrogen and oxygen atoms in total. The Labute approximate surface area is 67.0 Å². The molecule has 0 fully saturated rings. The van der Waals surface area contributed by atoms with Crippen LogP contribution in [0.2, 0.25) is 0 Å². The van der Waals surface area contributed by atoms with Gasteiger partial charge in [0.2, 0.25) is 5.90 Å². The first-order valence-corrected chi connectivity index (χ1v) is 3.72. The third-order valence-corrected chi connectivity index (χ3v) is 1.04. The molecule has 1 atom stereocenters. The molecule has 4 heteroatoms. The van der Waals surface area contributed by atoms with E-state index in [1.54, 1.807) is 0 Å². The second-order valence-electron chi connectivity index (χ2n) is 2.37. The zero-order valence-electron chi connectivity index (χ0n) is 6.53. The van der Waals surface area contributed by atoms with Crippen LogP contribution in [0.1, 0.15) is 20.8 Å². The number of nitrogens with zero attached hydrogens (tertiary/aromatic N) is 1. The summed E-state index contributed by atoms with van der Waals surface area (Å²) in [7, 11) is 0. The average Bonchev–Trinajstić information content (AvgIpc) is 1.81. The van der Waals surface area contributed by atoms with Gasteiger partial charge in [0.25, 0.3) is 0 Å². The Morgan fingerprint density at radius 1 is 1.50 bits per heavy atom. The van der Waals surface area contributed by atoms with Gasteiger partial charge < -0.3 is 4.84 Å². The van der Waals surface area contributed by atoms with Crippen molar-refractivity contribution >= 4 is 18.5 Å². The molecule has 0 rings (SSSR count). The lowest BCUT2D eigenvalue weighted by Gasteiger charge is -2.07. The van der Waals surface area contributed by atoms with Crippen molar-refractivity contribution in [3.05, 3.63) is 0 Å². The number of rotatable bonds is 2. The van der Waals surface area contributed by atoms with Crippen LogP contribution in [0, 0.1) is 5.92 Å². The molecule has 2 N–H and O–H groups in total. The van der Waals surface area contributed by atoms with E-state index in [1.807, 2.05) is 20.8 Å². The van der Waals surface area contributed by atoms with Crippen LogP contribution >= 0.6 is 12.6 Å². The van der Waals surface area contributed by atoms with Crippen LogP contribution < -0.4 is 5.90 Å². The topological polar surface area (TPSA) is 47.6 Å². The van der Waals surface area contributed by atoms with Gasteiger partial charge in [-0.15, -0.1) is 0 Å². The number of hydrogen-bond acceptors (Lipinski definition) is 4. The van der Waals surface area contributed by atoms with E-state index in [4.69, 9.17) is 5.90 Å². The summed E-state index contributed by atoms with van der Waals surface area (Å²) >= 11 is 4.06. The van der Waals surface area contributed by atoms with Crippen molar-refractivity contribution in [3.63, 3.8) is 0 Å². The molecule has 0 aromatic carbocycles. The van der Waals surface area contributed by atoms with Gasteiger partial charge in [0.05, 0.1) is 5.37 Å². The Hall–Kier alpha value is -0.220. The molecule has 0 spiro atoms. The number of nitrogens with two attached hydrogens (primary N) is 1. The summed E-state index contributed by atoms with van der Waals surface area (Å²) in [6.07, 6.45) is 0. The van der Waals surface area contributed by atoms with E-state index in [-0.39, 0.29) is 11.3 Å². The van der Waals surface area contributed by atoms with E-state index < -0.39 is 0 Å². The molecule has 10 heavy (non-hydrogen) atoms. The van der Waals surface area contributed by atoms with Crippen molar-refractivity contribution in [1.29, 1.82) is 0 Å². The number of hydrogen-bond donors (Lipinski definition) is 2. The van der Waals surface area contributed by atoms with E-state index in [9.17, 15) is 0 Å². The summed E-state index contributed by atoms with van der Waals surface area (Å²) in [6, 6.07) is 0. The van der Waals surface area contributed by atoms with Gasteiger partial charge in [0.15, 0.2) is 0 Å². The van der Waals surface area contributed by atoms with Gasteiger partial charge in [-0.1, -0.05) is 13.8 Å². The molecule has 0 saturated heterocycles. The number of aliphatic imine (C=N–C) groups is 1. The van der Waals surface area contributed by atoms with E-state index in [0.29, 0.717) is 5.90 Å². The average molecular weight is 162 g/mol. The van der Waals surface area contributed by atoms with E-state index in [2.05, 4.69) is 22.5 Å².